The van der Waals surface area contributed by atoms with Crippen LogP contribution in [0.2, 0.25) is 0 Å². The van der Waals surface area contributed by atoms with Gasteiger partial charge in [-0.1, -0.05) is 284 Å². The predicted octanol–water partition coefficient (Wildman–Crippen LogP) is 21.8. The Kier molecular flexibility index (Phi) is 60.3. The van der Waals surface area contributed by atoms with Crippen molar-refractivity contribution in [3.05, 3.63) is 109 Å². The Hall–Kier alpha value is -3.93. The average Bonchev–Trinajstić information content (AvgIpc) is 3.42. The van der Waals surface area contributed by atoms with Crippen molar-refractivity contribution in [2.45, 2.75) is 303 Å². The molecule has 0 amide bonds. The van der Waals surface area contributed by atoms with Gasteiger partial charge in [-0.2, -0.15) is 0 Å². The summed E-state index contributed by atoms with van der Waals surface area (Å²) in [7, 11) is 0. The molecule has 0 aliphatic carbocycles. The lowest BCUT2D eigenvalue weighted by Crippen LogP contribution is -2.30. The third kappa shape index (κ3) is 60.9. The van der Waals surface area contributed by atoms with Gasteiger partial charge in [0, 0.05) is 19.3 Å². The van der Waals surface area contributed by atoms with Crippen LogP contribution in [0.5, 0.6) is 0 Å². The molecule has 434 valence electrons. The maximum atomic E-state index is 12.9. The van der Waals surface area contributed by atoms with E-state index in [1.165, 1.54) is 135 Å². The van der Waals surface area contributed by atoms with E-state index in [0.717, 1.165) is 116 Å². The molecule has 6 heteroatoms. The first-order valence-corrected chi connectivity index (χ1v) is 31.9. The molecule has 0 saturated carbocycles. The fourth-order valence-electron chi connectivity index (χ4n) is 8.81. The number of esters is 3. The van der Waals surface area contributed by atoms with E-state index in [9.17, 15) is 14.4 Å². The molecule has 0 N–H and O–H groups in total. The van der Waals surface area contributed by atoms with Crippen molar-refractivity contribution in [2.24, 2.45) is 0 Å². The molecule has 76 heavy (non-hydrogen) atoms. The van der Waals surface area contributed by atoms with Gasteiger partial charge in [0.25, 0.3) is 0 Å². The zero-order valence-electron chi connectivity index (χ0n) is 49.7. The van der Waals surface area contributed by atoms with E-state index in [1.807, 2.05) is 0 Å². The molecular formula is C70H118O6. The van der Waals surface area contributed by atoms with Gasteiger partial charge in [-0.3, -0.25) is 14.4 Å². The number of unbranched alkanes of at least 4 members (excludes halogenated alkanes) is 28. The lowest BCUT2D eigenvalue weighted by molar-refractivity contribution is -0.167. The van der Waals surface area contributed by atoms with E-state index in [4.69, 9.17) is 14.2 Å². The summed E-state index contributed by atoms with van der Waals surface area (Å²) in [6.07, 6.45) is 86.8. The molecule has 0 aromatic rings. The molecule has 0 rings (SSSR count). The monoisotopic (exact) mass is 1050 g/mol. The van der Waals surface area contributed by atoms with Crippen LogP contribution < -0.4 is 0 Å². The quantitative estimate of drug-likeness (QED) is 0.0261. The van der Waals surface area contributed by atoms with Crippen LogP contribution in [-0.2, 0) is 28.6 Å². The molecule has 0 aliphatic rings. The minimum absolute atomic E-state index is 0.104. The van der Waals surface area contributed by atoms with Crippen LogP contribution in [-0.4, -0.2) is 37.2 Å². The van der Waals surface area contributed by atoms with E-state index in [1.54, 1.807) is 0 Å². The molecule has 0 aliphatic heterocycles. The van der Waals surface area contributed by atoms with Crippen LogP contribution in [0.15, 0.2) is 109 Å². The van der Waals surface area contributed by atoms with Crippen LogP contribution in [0.1, 0.15) is 297 Å². The topological polar surface area (TPSA) is 78.9 Å². The molecule has 0 spiro atoms. The summed E-state index contributed by atoms with van der Waals surface area (Å²) in [6, 6.07) is 0. The van der Waals surface area contributed by atoms with Crippen molar-refractivity contribution in [3.63, 3.8) is 0 Å². The molecule has 0 heterocycles. The first-order chi connectivity index (χ1) is 37.5. The van der Waals surface area contributed by atoms with Crippen molar-refractivity contribution in [1.82, 2.24) is 0 Å². The zero-order chi connectivity index (χ0) is 55.0. The molecule has 6 nitrogen and oxygen atoms in total. The standard InChI is InChI=1S/C70H118O6/c1-4-7-10-13-16-19-22-25-27-29-31-33-34-35-37-38-40-42-45-48-51-54-57-60-63-69(72)75-66-67(65-74-68(71)62-59-56-53-50-47-44-24-21-18-15-12-9-6-3)76-70(73)64-61-58-55-52-49-46-43-41-39-36-32-30-28-26-23-20-17-14-11-8-5-2/h8-9,11-12,17-18,20-21,26,28,32,36,41,43-44,47,49,52,67H,4-7,10,13-16,19,22-25,27,29-31,33-35,37-40,42,45-46,48,50-51,53-66H2,1-3H3/b11-8-,12-9-,20-17-,21-18-,28-26-,36-32-,43-41-,47-44-,52-49-. The molecule has 0 aromatic heterocycles. The van der Waals surface area contributed by atoms with Crippen LogP contribution in [0.25, 0.3) is 0 Å². The van der Waals surface area contributed by atoms with E-state index in [-0.39, 0.29) is 37.5 Å². The Morgan fingerprint density at radius 1 is 0.276 bits per heavy atom. The van der Waals surface area contributed by atoms with Gasteiger partial charge < -0.3 is 14.2 Å². The second-order valence-electron chi connectivity index (χ2n) is 20.9. The Labute approximate surface area is 470 Å². The number of hydrogen-bond donors (Lipinski definition) is 0. The maximum absolute atomic E-state index is 12.9. The van der Waals surface area contributed by atoms with Gasteiger partial charge in [-0.15, -0.1) is 0 Å². The fourth-order valence-corrected chi connectivity index (χ4v) is 8.81. The summed E-state index contributed by atoms with van der Waals surface area (Å²) in [4.78, 5) is 38.3. The highest BCUT2D eigenvalue weighted by Crippen LogP contribution is 2.17. The van der Waals surface area contributed by atoms with Gasteiger partial charge in [-0.05, 0) is 103 Å². The summed E-state index contributed by atoms with van der Waals surface area (Å²) in [5.41, 5.74) is 0. The first-order valence-electron chi connectivity index (χ1n) is 31.9. The Morgan fingerprint density at radius 3 is 0.829 bits per heavy atom. The van der Waals surface area contributed by atoms with E-state index >= 15 is 0 Å². The molecule has 0 saturated heterocycles. The molecule has 0 bridgehead atoms. The normalized spacial score (nSPS) is 12.8. The largest absolute Gasteiger partial charge is 0.462 e. The number of allylic oxidation sites excluding steroid dienone is 18. The second-order valence-corrected chi connectivity index (χ2v) is 20.9. The van der Waals surface area contributed by atoms with E-state index in [2.05, 4.69) is 130 Å². The molecule has 1 atom stereocenters. The van der Waals surface area contributed by atoms with E-state index in [0.29, 0.717) is 19.3 Å². The van der Waals surface area contributed by atoms with Gasteiger partial charge in [-0.25, -0.2) is 0 Å². The van der Waals surface area contributed by atoms with Gasteiger partial charge >= 0.3 is 17.9 Å². The van der Waals surface area contributed by atoms with Gasteiger partial charge in [0.1, 0.15) is 13.2 Å². The molecule has 0 radical (unpaired) electrons. The van der Waals surface area contributed by atoms with Crippen LogP contribution in [0, 0.1) is 0 Å². The highest BCUT2D eigenvalue weighted by Gasteiger charge is 2.19. The summed E-state index contributed by atoms with van der Waals surface area (Å²) in [5, 5.41) is 0. The van der Waals surface area contributed by atoms with Crippen LogP contribution in [0.3, 0.4) is 0 Å². The van der Waals surface area contributed by atoms with Crippen molar-refractivity contribution >= 4 is 17.9 Å². The number of carbonyl (C=O) groups excluding carboxylic acids is 3. The van der Waals surface area contributed by atoms with Crippen molar-refractivity contribution in [3.8, 4) is 0 Å². The Balaban J connectivity index is 4.39. The SMILES string of the molecule is CC/C=C\C/C=C\C/C=C\C/C=C\C/C=C\C/C=C\CCCCC(=O)OC(COC(=O)CCCCC/C=C\C/C=C\C/C=C\CC)COC(=O)CCCCCCCCCCCCCCCCCCCCCCCCCC. The summed E-state index contributed by atoms with van der Waals surface area (Å²) in [5.74, 6) is -0.972. The Bertz CT molecular complexity index is 1540. The number of carbonyl (C=O) groups is 3. The highest BCUT2D eigenvalue weighted by molar-refractivity contribution is 5.71. The van der Waals surface area contributed by atoms with Crippen molar-refractivity contribution in [2.75, 3.05) is 13.2 Å². The molecule has 0 aromatic carbocycles. The van der Waals surface area contributed by atoms with E-state index < -0.39 is 6.10 Å². The third-order valence-electron chi connectivity index (χ3n) is 13.5. The van der Waals surface area contributed by atoms with Crippen molar-refractivity contribution < 1.29 is 28.6 Å². The fraction of sp³-hybridized carbons (Fsp3) is 0.700. The molecule has 0 fully saturated rings. The molecular weight excluding hydrogens is 937 g/mol. The predicted molar refractivity (Wildman–Crippen MR) is 330 cm³/mol. The first kappa shape index (κ1) is 72.1. The minimum atomic E-state index is -0.815. The summed E-state index contributed by atoms with van der Waals surface area (Å²) < 4.78 is 16.9. The highest BCUT2D eigenvalue weighted by atomic mass is 16.6. The average molecular weight is 1060 g/mol. The maximum Gasteiger partial charge on any atom is 0.306 e. The lowest BCUT2D eigenvalue weighted by atomic mass is 10.0. The molecule has 1 unspecified atom stereocenters. The number of hydrogen-bond acceptors (Lipinski definition) is 6. The summed E-state index contributed by atoms with van der Waals surface area (Å²) in [6.45, 7) is 6.38. The zero-order valence-corrected chi connectivity index (χ0v) is 49.7. The lowest BCUT2D eigenvalue weighted by Gasteiger charge is -2.18. The summed E-state index contributed by atoms with van der Waals surface area (Å²) >= 11 is 0. The number of rotatable bonds is 57. The van der Waals surface area contributed by atoms with Gasteiger partial charge in [0.15, 0.2) is 6.10 Å². The van der Waals surface area contributed by atoms with Crippen LogP contribution >= 0.6 is 0 Å². The second kappa shape index (κ2) is 63.6. The smallest absolute Gasteiger partial charge is 0.306 e. The number of ether oxygens (including phenoxy) is 3. The van der Waals surface area contributed by atoms with Gasteiger partial charge in [0.05, 0.1) is 0 Å². The third-order valence-corrected chi connectivity index (χ3v) is 13.5. The van der Waals surface area contributed by atoms with Crippen molar-refractivity contribution in [1.29, 1.82) is 0 Å². The van der Waals surface area contributed by atoms with Gasteiger partial charge in [0.2, 0.25) is 0 Å². The van der Waals surface area contributed by atoms with Crippen LogP contribution in [0.4, 0.5) is 0 Å². The minimum Gasteiger partial charge on any atom is -0.462 e. The Morgan fingerprint density at radius 2 is 0.513 bits per heavy atom.